The van der Waals surface area contributed by atoms with Crippen molar-refractivity contribution in [3.05, 3.63) is 66.7 Å². The number of thioether (sulfide) groups is 1. The summed E-state index contributed by atoms with van der Waals surface area (Å²) in [4.78, 5) is 20.5. The Morgan fingerprint density at radius 3 is 2.61 bits per heavy atom. The number of fused-ring (bicyclic) bond motifs is 2. The number of nitrogens with one attached hydrogen (secondary N) is 2. The summed E-state index contributed by atoms with van der Waals surface area (Å²) in [6.07, 6.45) is 0. The summed E-state index contributed by atoms with van der Waals surface area (Å²) < 4.78 is 0. The van der Waals surface area contributed by atoms with Gasteiger partial charge in [-0.25, -0.2) is 4.98 Å². The molecular formula is C18H13N3OS. The van der Waals surface area contributed by atoms with E-state index in [0.717, 1.165) is 38.5 Å². The number of benzene rings is 3. The van der Waals surface area contributed by atoms with Crippen LogP contribution in [0.3, 0.4) is 0 Å². The minimum absolute atomic E-state index is 0.167. The van der Waals surface area contributed by atoms with E-state index in [0.29, 0.717) is 5.95 Å². The number of aromatic amines is 1. The zero-order valence-corrected chi connectivity index (χ0v) is 12.9. The molecule has 0 atom stereocenters. The summed E-state index contributed by atoms with van der Waals surface area (Å²) in [5.41, 5.74) is 1.73. The van der Waals surface area contributed by atoms with E-state index < -0.39 is 0 Å². The number of rotatable bonds is 2. The molecule has 0 aliphatic rings. The van der Waals surface area contributed by atoms with Gasteiger partial charge in [-0.15, -0.1) is 0 Å². The number of anilines is 1. The first-order valence-corrected chi connectivity index (χ1v) is 8.02. The molecule has 23 heavy (non-hydrogen) atoms. The Labute approximate surface area is 136 Å². The summed E-state index contributed by atoms with van der Waals surface area (Å²) in [7, 11) is 0. The number of para-hydroxylation sites is 2. The van der Waals surface area contributed by atoms with Gasteiger partial charge in [0.15, 0.2) is 0 Å². The minimum Gasteiger partial charge on any atom is -0.324 e. The molecule has 0 fully saturated rings. The maximum atomic E-state index is 12.2. The summed E-state index contributed by atoms with van der Waals surface area (Å²) in [5.74, 6) is 0.462. The molecule has 0 aliphatic heterocycles. The van der Waals surface area contributed by atoms with Gasteiger partial charge >= 0.3 is 0 Å². The molecule has 0 radical (unpaired) electrons. The third-order valence-corrected chi connectivity index (χ3v) is 4.32. The lowest BCUT2D eigenvalue weighted by Crippen LogP contribution is -2.05. The zero-order valence-electron chi connectivity index (χ0n) is 12.1. The molecule has 3 aromatic carbocycles. The van der Waals surface area contributed by atoms with Gasteiger partial charge in [0.1, 0.15) is 0 Å². The van der Waals surface area contributed by atoms with Gasteiger partial charge in [-0.3, -0.25) is 10.1 Å². The second kappa shape index (κ2) is 5.78. The summed E-state index contributed by atoms with van der Waals surface area (Å²) in [6, 6.07) is 21.7. The van der Waals surface area contributed by atoms with Gasteiger partial charge < -0.3 is 4.98 Å². The average molecular weight is 319 g/mol. The summed E-state index contributed by atoms with van der Waals surface area (Å²) in [5, 5.41) is 4.90. The fraction of sp³-hybridized carbons (Fsp3) is 0. The van der Waals surface area contributed by atoms with E-state index in [2.05, 4.69) is 21.4 Å². The van der Waals surface area contributed by atoms with Gasteiger partial charge in [0.25, 0.3) is 5.24 Å². The highest BCUT2D eigenvalue weighted by atomic mass is 32.2. The Morgan fingerprint density at radius 2 is 1.74 bits per heavy atom. The molecule has 1 amide bonds. The highest BCUT2D eigenvalue weighted by Crippen LogP contribution is 2.25. The number of aromatic nitrogens is 2. The van der Waals surface area contributed by atoms with Gasteiger partial charge in [0.2, 0.25) is 5.95 Å². The Balaban J connectivity index is 1.52. The molecule has 4 rings (SSSR count). The first-order valence-electron chi connectivity index (χ1n) is 7.20. The summed E-state index contributed by atoms with van der Waals surface area (Å²) >= 11 is 1.15. The van der Waals surface area contributed by atoms with Crippen LogP contribution in [-0.4, -0.2) is 15.2 Å². The lowest BCUT2D eigenvalue weighted by atomic mass is 10.1. The number of H-pyrrole nitrogens is 1. The van der Waals surface area contributed by atoms with Crippen LogP contribution in [0.2, 0.25) is 0 Å². The van der Waals surface area contributed by atoms with Crippen LogP contribution in [0.5, 0.6) is 0 Å². The predicted molar refractivity (Wildman–Crippen MR) is 94.9 cm³/mol. The number of amides is 1. The third-order valence-electron chi connectivity index (χ3n) is 3.54. The van der Waals surface area contributed by atoms with E-state index in [1.807, 2.05) is 60.7 Å². The van der Waals surface area contributed by atoms with Gasteiger partial charge in [0, 0.05) is 4.90 Å². The minimum atomic E-state index is -0.167. The molecule has 4 nitrogen and oxygen atoms in total. The number of nitrogens with zero attached hydrogens (tertiary/aromatic N) is 1. The number of carbonyl (C=O) groups excluding carboxylic acids is 1. The maximum Gasteiger partial charge on any atom is 0.290 e. The van der Waals surface area contributed by atoms with E-state index in [9.17, 15) is 4.79 Å². The number of imidazole rings is 1. The van der Waals surface area contributed by atoms with Gasteiger partial charge in [0.05, 0.1) is 11.0 Å². The molecule has 0 saturated heterocycles. The number of carbonyl (C=O) groups is 1. The van der Waals surface area contributed by atoms with Crippen molar-refractivity contribution >= 4 is 44.8 Å². The van der Waals surface area contributed by atoms with Crippen LogP contribution in [0.1, 0.15) is 0 Å². The SMILES string of the molecule is O=C(Nc1nc2ccccc2[nH]1)Sc1ccc2ccccc2c1. The molecule has 0 bridgehead atoms. The average Bonchev–Trinajstić information content (AvgIpc) is 2.96. The first-order chi connectivity index (χ1) is 11.3. The second-order valence-corrected chi connectivity index (χ2v) is 6.17. The Hall–Kier alpha value is -2.79. The summed E-state index contributed by atoms with van der Waals surface area (Å²) in [6.45, 7) is 0. The third kappa shape index (κ3) is 2.91. The molecule has 0 aliphatic carbocycles. The highest BCUT2D eigenvalue weighted by Gasteiger charge is 2.09. The Bertz CT molecular complexity index is 976. The normalized spacial score (nSPS) is 11.0. The van der Waals surface area contributed by atoms with Crippen LogP contribution in [0, 0.1) is 0 Å². The van der Waals surface area contributed by atoms with Crippen molar-refractivity contribution in [3.8, 4) is 0 Å². The quantitative estimate of drug-likeness (QED) is 0.509. The van der Waals surface area contributed by atoms with Crippen LogP contribution >= 0.6 is 11.8 Å². The topological polar surface area (TPSA) is 57.8 Å². The van der Waals surface area contributed by atoms with Crippen molar-refractivity contribution in [1.29, 1.82) is 0 Å². The predicted octanol–water partition coefficient (Wildman–Crippen LogP) is 5.04. The van der Waals surface area contributed by atoms with E-state index in [1.165, 1.54) is 0 Å². The van der Waals surface area contributed by atoms with Crippen LogP contribution in [0.25, 0.3) is 21.8 Å². The van der Waals surface area contributed by atoms with Crippen LogP contribution < -0.4 is 5.32 Å². The van der Waals surface area contributed by atoms with Crippen molar-refractivity contribution in [1.82, 2.24) is 9.97 Å². The molecule has 1 aromatic heterocycles. The zero-order chi connectivity index (χ0) is 15.6. The molecule has 0 unspecified atom stereocenters. The molecule has 4 aromatic rings. The van der Waals surface area contributed by atoms with Crippen LogP contribution in [0.4, 0.5) is 10.7 Å². The molecular weight excluding hydrogens is 306 g/mol. The van der Waals surface area contributed by atoms with E-state index in [1.54, 1.807) is 0 Å². The smallest absolute Gasteiger partial charge is 0.290 e. The van der Waals surface area contributed by atoms with Gasteiger partial charge in [-0.05, 0) is 46.8 Å². The molecule has 5 heteroatoms. The molecule has 0 spiro atoms. The van der Waals surface area contributed by atoms with Crippen molar-refractivity contribution in [3.63, 3.8) is 0 Å². The fourth-order valence-electron chi connectivity index (χ4n) is 2.47. The lowest BCUT2D eigenvalue weighted by molar-refractivity contribution is 0.269. The van der Waals surface area contributed by atoms with Crippen LogP contribution in [-0.2, 0) is 0 Å². The molecule has 112 valence electrons. The first kappa shape index (κ1) is 13.8. The number of hydrogen-bond acceptors (Lipinski definition) is 3. The van der Waals surface area contributed by atoms with Crippen molar-refractivity contribution < 1.29 is 4.79 Å². The lowest BCUT2D eigenvalue weighted by Gasteiger charge is -2.03. The Kier molecular flexibility index (Phi) is 3.48. The van der Waals surface area contributed by atoms with Crippen LogP contribution in [0.15, 0.2) is 71.6 Å². The fourth-order valence-corrected chi connectivity index (χ4v) is 3.16. The maximum absolute atomic E-state index is 12.2. The largest absolute Gasteiger partial charge is 0.324 e. The number of hydrogen-bond donors (Lipinski definition) is 2. The van der Waals surface area contributed by atoms with Crippen molar-refractivity contribution in [2.45, 2.75) is 4.90 Å². The van der Waals surface area contributed by atoms with Crippen molar-refractivity contribution in [2.75, 3.05) is 5.32 Å². The molecule has 1 heterocycles. The highest BCUT2D eigenvalue weighted by molar-refractivity contribution is 8.13. The second-order valence-electron chi connectivity index (χ2n) is 5.13. The monoisotopic (exact) mass is 319 g/mol. The molecule has 0 saturated carbocycles. The standard InChI is InChI=1S/C18H13N3OS/c22-18(21-17-19-15-7-3-4-8-16(15)20-17)23-14-10-9-12-5-1-2-6-13(12)11-14/h1-11H,(H2,19,20,21,22). The molecule has 2 N–H and O–H groups in total. The van der Waals surface area contributed by atoms with E-state index >= 15 is 0 Å². The van der Waals surface area contributed by atoms with Gasteiger partial charge in [-0.2, -0.15) is 0 Å². The van der Waals surface area contributed by atoms with E-state index in [4.69, 9.17) is 0 Å². The Morgan fingerprint density at radius 1 is 0.957 bits per heavy atom. The van der Waals surface area contributed by atoms with Crippen molar-refractivity contribution in [2.24, 2.45) is 0 Å². The van der Waals surface area contributed by atoms with Gasteiger partial charge in [-0.1, -0.05) is 42.5 Å². The van der Waals surface area contributed by atoms with E-state index in [-0.39, 0.29) is 5.24 Å².